The van der Waals surface area contributed by atoms with Crippen molar-refractivity contribution in [2.45, 2.75) is 6.42 Å². The van der Waals surface area contributed by atoms with E-state index in [4.69, 9.17) is 11.6 Å². The van der Waals surface area contributed by atoms with Crippen molar-refractivity contribution in [2.24, 2.45) is 5.10 Å². The highest BCUT2D eigenvalue weighted by molar-refractivity contribution is 6.30. The molecule has 0 aliphatic rings. The molecule has 0 fully saturated rings. The topological polar surface area (TPSA) is 41.5 Å². The van der Waals surface area contributed by atoms with Crippen LogP contribution in [0.2, 0.25) is 5.02 Å². The number of hydrazone groups is 1. The van der Waals surface area contributed by atoms with Gasteiger partial charge in [0.25, 0.3) is 0 Å². The van der Waals surface area contributed by atoms with Gasteiger partial charge in [0.15, 0.2) is 0 Å². The van der Waals surface area contributed by atoms with E-state index in [0.717, 1.165) is 11.1 Å². The van der Waals surface area contributed by atoms with Crippen molar-refractivity contribution in [1.29, 1.82) is 0 Å². The molecule has 0 radical (unpaired) electrons. The number of hydrogen-bond donors (Lipinski definition) is 1. The molecule has 1 amide bonds. The van der Waals surface area contributed by atoms with Gasteiger partial charge in [0.2, 0.25) is 5.91 Å². The Kier molecular flexibility index (Phi) is 5.73. The Morgan fingerprint density at radius 1 is 1.10 bits per heavy atom. The summed E-state index contributed by atoms with van der Waals surface area (Å²) in [4.78, 5) is 11.6. The lowest BCUT2D eigenvalue weighted by atomic mass is 10.1. The first-order chi connectivity index (χ1) is 10.2. The fourth-order valence-electron chi connectivity index (χ4n) is 1.70. The molecular formula is C17H15ClN2O. The summed E-state index contributed by atoms with van der Waals surface area (Å²) in [5.74, 6) is -0.165. The minimum absolute atomic E-state index is 0.165. The maximum absolute atomic E-state index is 11.6. The highest BCUT2D eigenvalue weighted by Crippen LogP contribution is 2.09. The van der Waals surface area contributed by atoms with Crippen LogP contribution in [0.4, 0.5) is 0 Å². The molecule has 0 heterocycles. The number of nitrogens with zero attached hydrogens (tertiary/aromatic N) is 1. The number of hydrogen-bond acceptors (Lipinski definition) is 2. The molecule has 0 aromatic heterocycles. The van der Waals surface area contributed by atoms with Gasteiger partial charge in [-0.25, -0.2) is 5.43 Å². The first-order valence-corrected chi connectivity index (χ1v) is 6.90. The van der Waals surface area contributed by atoms with Crippen LogP contribution < -0.4 is 5.43 Å². The second-order valence-corrected chi connectivity index (χ2v) is 4.82. The number of allylic oxidation sites excluding steroid dienone is 1. The van der Waals surface area contributed by atoms with Crippen LogP contribution in [0.25, 0.3) is 6.08 Å². The fourth-order valence-corrected chi connectivity index (χ4v) is 1.82. The van der Waals surface area contributed by atoms with Crippen molar-refractivity contribution in [2.75, 3.05) is 0 Å². The molecule has 0 aliphatic heterocycles. The standard InChI is InChI=1S/C17H15ClN2O/c18-16-10-8-15(9-11-16)13-17(21)20-19-12-4-7-14-5-2-1-3-6-14/h1-12H,13H2,(H,20,21)/b7-4+,19-12+. The molecular weight excluding hydrogens is 284 g/mol. The van der Waals surface area contributed by atoms with E-state index >= 15 is 0 Å². The molecule has 0 bridgehead atoms. The van der Waals surface area contributed by atoms with Crippen molar-refractivity contribution >= 4 is 29.8 Å². The summed E-state index contributed by atoms with van der Waals surface area (Å²) in [6.45, 7) is 0. The zero-order valence-corrected chi connectivity index (χ0v) is 12.1. The van der Waals surface area contributed by atoms with Crippen LogP contribution in [0.5, 0.6) is 0 Å². The Balaban J connectivity index is 1.77. The van der Waals surface area contributed by atoms with Gasteiger partial charge in [0.1, 0.15) is 0 Å². The van der Waals surface area contributed by atoms with Crippen LogP contribution in [0.3, 0.4) is 0 Å². The Hall–Kier alpha value is -2.39. The van der Waals surface area contributed by atoms with E-state index in [1.54, 1.807) is 24.4 Å². The lowest BCUT2D eigenvalue weighted by molar-refractivity contribution is -0.120. The molecule has 0 spiro atoms. The van der Waals surface area contributed by atoms with Crippen molar-refractivity contribution < 1.29 is 4.79 Å². The summed E-state index contributed by atoms with van der Waals surface area (Å²) in [6, 6.07) is 17.0. The van der Waals surface area contributed by atoms with Gasteiger partial charge in [0, 0.05) is 11.2 Å². The maximum Gasteiger partial charge on any atom is 0.244 e. The molecule has 4 heteroatoms. The fraction of sp³-hybridized carbons (Fsp3) is 0.0588. The first-order valence-electron chi connectivity index (χ1n) is 6.52. The van der Waals surface area contributed by atoms with E-state index in [2.05, 4.69) is 10.5 Å². The van der Waals surface area contributed by atoms with Crippen molar-refractivity contribution in [1.82, 2.24) is 5.43 Å². The van der Waals surface area contributed by atoms with Gasteiger partial charge >= 0.3 is 0 Å². The van der Waals surface area contributed by atoms with E-state index in [1.807, 2.05) is 48.5 Å². The van der Waals surface area contributed by atoms with E-state index in [1.165, 1.54) is 0 Å². The lowest BCUT2D eigenvalue weighted by Gasteiger charge is -2.00. The monoisotopic (exact) mass is 298 g/mol. The second kappa shape index (κ2) is 8.02. The predicted molar refractivity (Wildman–Crippen MR) is 87.3 cm³/mol. The SMILES string of the molecule is O=C(Cc1ccc(Cl)cc1)N/N=C/C=C/c1ccccc1. The minimum Gasteiger partial charge on any atom is -0.273 e. The molecule has 21 heavy (non-hydrogen) atoms. The maximum atomic E-state index is 11.6. The van der Waals surface area contributed by atoms with Gasteiger partial charge in [-0.05, 0) is 29.3 Å². The molecule has 1 N–H and O–H groups in total. The summed E-state index contributed by atoms with van der Waals surface area (Å²) in [5, 5.41) is 4.52. The van der Waals surface area contributed by atoms with E-state index in [-0.39, 0.29) is 12.3 Å². The predicted octanol–water partition coefficient (Wildman–Crippen LogP) is 3.70. The Labute approximate surface area is 129 Å². The van der Waals surface area contributed by atoms with Gasteiger partial charge in [0.05, 0.1) is 6.42 Å². The van der Waals surface area contributed by atoms with Crippen LogP contribution in [-0.4, -0.2) is 12.1 Å². The van der Waals surface area contributed by atoms with Crippen LogP contribution in [-0.2, 0) is 11.2 Å². The zero-order valence-electron chi connectivity index (χ0n) is 11.4. The highest BCUT2D eigenvalue weighted by atomic mass is 35.5. The third-order valence-corrected chi connectivity index (χ3v) is 2.97. The van der Waals surface area contributed by atoms with Crippen LogP contribution in [0, 0.1) is 0 Å². The number of halogens is 1. The highest BCUT2D eigenvalue weighted by Gasteiger charge is 2.01. The van der Waals surface area contributed by atoms with Gasteiger partial charge in [-0.3, -0.25) is 4.79 Å². The molecule has 0 saturated heterocycles. The van der Waals surface area contributed by atoms with Crippen molar-refractivity contribution in [3.05, 3.63) is 76.8 Å². The molecule has 0 atom stereocenters. The molecule has 0 unspecified atom stereocenters. The molecule has 106 valence electrons. The average Bonchev–Trinajstić information content (AvgIpc) is 2.50. The number of carbonyl (C=O) groups excluding carboxylic acids is 1. The zero-order chi connectivity index (χ0) is 14.9. The lowest BCUT2D eigenvalue weighted by Crippen LogP contribution is -2.19. The number of benzene rings is 2. The molecule has 3 nitrogen and oxygen atoms in total. The van der Waals surface area contributed by atoms with Gasteiger partial charge in [-0.15, -0.1) is 0 Å². The van der Waals surface area contributed by atoms with E-state index < -0.39 is 0 Å². The quantitative estimate of drug-likeness (QED) is 0.664. The molecule has 2 aromatic rings. The first kappa shape index (κ1) is 15.0. The van der Waals surface area contributed by atoms with Crippen molar-refractivity contribution in [3.8, 4) is 0 Å². The number of rotatable bonds is 5. The number of nitrogens with one attached hydrogen (secondary N) is 1. The van der Waals surface area contributed by atoms with Crippen LogP contribution >= 0.6 is 11.6 Å². The molecule has 2 rings (SSSR count). The Morgan fingerprint density at radius 2 is 1.81 bits per heavy atom. The van der Waals surface area contributed by atoms with Crippen LogP contribution in [0.1, 0.15) is 11.1 Å². The molecule has 0 aliphatic carbocycles. The minimum atomic E-state index is -0.165. The summed E-state index contributed by atoms with van der Waals surface area (Å²) >= 11 is 5.79. The van der Waals surface area contributed by atoms with Gasteiger partial charge in [-0.1, -0.05) is 60.1 Å². The number of carbonyl (C=O) groups is 1. The smallest absolute Gasteiger partial charge is 0.244 e. The third kappa shape index (κ3) is 5.63. The average molecular weight is 299 g/mol. The normalized spacial score (nSPS) is 11.1. The van der Waals surface area contributed by atoms with E-state index in [0.29, 0.717) is 5.02 Å². The largest absolute Gasteiger partial charge is 0.273 e. The molecule has 0 saturated carbocycles. The van der Waals surface area contributed by atoms with Gasteiger partial charge in [-0.2, -0.15) is 5.10 Å². The third-order valence-electron chi connectivity index (χ3n) is 2.72. The number of amides is 1. The van der Waals surface area contributed by atoms with Gasteiger partial charge < -0.3 is 0 Å². The van der Waals surface area contributed by atoms with Crippen LogP contribution in [0.15, 0.2) is 65.8 Å². The van der Waals surface area contributed by atoms with E-state index in [9.17, 15) is 4.79 Å². The Bertz CT molecular complexity index is 634. The second-order valence-electron chi connectivity index (χ2n) is 4.39. The molecule has 2 aromatic carbocycles. The Morgan fingerprint density at radius 3 is 2.52 bits per heavy atom. The summed E-state index contributed by atoms with van der Waals surface area (Å²) in [7, 11) is 0. The summed E-state index contributed by atoms with van der Waals surface area (Å²) < 4.78 is 0. The van der Waals surface area contributed by atoms with Crippen molar-refractivity contribution in [3.63, 3.8) is 0 Å². The summed E-state index contributed by atoms with van der Waals surface area (Å²) in [6.07, 6.45) is 5.51. The summed E-state index contributed by atoms with van der Waals surface area (Å²) in [5.41, 5.74) is 4.45.